The van der Waals surface area contributed by atoms with Gasteiger partial charge in [0.15, 0.2) is 12.8 Å². The van der Waals surface area contributed by atoms with Crippen LogP contribution in [0.5, 0.6) is 0 Å². The van der Waals surface area contributed by atoms with Gasteiger partial charge < -0.3 is 20.1 Å². The summed E-state index contributed by atoms with van der Waals surface area (Å²) < 4.78 is -0.417. The zero-order chi connectivity index (χ0) is 16.5. The molecule has 0 radical (unpaired) electrons. The number of allylic oxidation sites excluding steroid dienone is 2. The van der Waals surface area contributed by atoms with Crippen LogP contribution < -0.4 is 56.5 Å². The summed E-state index contributed by atoms with van der Waals surface area (Å²) in [7, 11) is 0. The van der Waals surface area contributed by atoms with Gasteiger partial charge >= 0.3 is 57.4 Å². The van der Waals surface area contributed by atoms with Crippen molar-refractivity contribution in [2.45, 2.75) is 58.5 Å². The Hall–Kier alpha value is 0.236. The topological polar surface area (TPSA) is 97.7 Å². The normalized spacial score (nSPS) is 16.5. The molecular weight excluding hydrogens is 313 g/mol. The fourth-order valence-electron chi connectivity index (χ4n) is 2.37. The van der Waals surface area contributed by atoms with Crippen LogP contribution in [0.2, 0.25) is 0 Å². The second-order valence-corrected chi connectivity index (χ2v) is 5.38. The minimum absolute atomic E-state index is 0. The van der Waals surface area contributed by atoms with E-state index in [0.717, 1.165) is 19.3 Å². The van der Waals surface area contributed by atoms with Gasteiger partial charge in [-0.05, 0) is 26.7 Å². The summed E-state index contributed by atoms with van der Waals surface area (Å²) in [5.74, 6) is -2.47. The average molecular weight is 340 g/mol. The van der Waals surface area contributed by atoms with Crippen molar-refractivity contribution in [1.82, 2.24) is 0 Å². The predicted octanol–water partition coefficient (Wildman–Crippen LogP) is -2.49. The molecule has 0 heterocycles. The molecule has 0 fully saturated rings. The first-order valence-electron chi connectivity index (χ1n) is 7.39. The van der Waals surface area contributed by atoms with Gasteiger partial charge in [-0.2, -0.15) is 0 Å². The number of carboxylic acids is 2. The number of aliphatic hydroxyl groups excluding tert-OH is 1. The van der Waals surface area contributed by atoms with E-state index in [-0.39, 0.29) is 57.9 Å². The number of unbranched alkanes of at least 4 members (excludes halogenated alkanes) is 2. The van der Waals surface area contributed by atoms with Crippen molar-refractivity contribution < 1.29 is 80.8 Å². The van der Waals surface area contributed by atoms with E-state index in [2.05, 4.69) is 13.0 Å². The van der Waals surface area contributed by atoms with E-state index in [9.17, 15) is 24.9 Å². The molecule has 0 spiro atoms. The van der Waals surface area contributed by atoms with E-state index >= 15 is 0 Å². The third-order valence-corrected chi connectivity index (χ3v) is 4.07. The van der Waals surface area contributed by atoms with Crippen LogP contribution in [-0.4, -0.2) is 52.0 Å². The van der Waals surface area contributed by atoms with E-state index in [0.29, 0.717) is 6.42 Å². The van der Waals surface area contributed by atoms with E-state index in [1.807, 2.05) is 6.08 Å². The van der Waals surface area contributed by atoms with E-state index < -0.39 is 35.2 Å². The molecule has 3 atom stereocenters. The molecule has 0 saturated carbocycles. The molecular formula is C15H27KNO5+. The number of hydrogen-bond acceptors (Lipinski definition) is 4. The minimum Gasteiger partial charge on any atom is -0.544 e. The van der Waals surface area contributed by atoms with Crippen molar-refractivity contribution in [3.05, 3.63) is 12.2 Å². The van der Waals surface area contributed by atoms with Crippen molar-refractivity contribution in [1.29, 1.82) is 0 Å². The van der Waals surface area contributed by atoms with Crippen molar-refractivity contribution in [2.24, 2.45) is 0 Å². The second kappa shape index (κ2) is 12.6. The summed E-state index contributed by atoms with van der Waals surface area (Å²) in [6.45, 7) is 4.62. The van der Waals surface area contributed by atoms with Crippen LogP contribution in [0, 0.1) is 0 Å². The molecule has 0 aliphatic heterocycles. The van der Waals surface area contributed by atoms with Gasteiger partial charge in [-0.25, -0.2) is 4.79 Å². The van der Waals surface area contributed by atoms with Gasteiger partial charge in [-0.1, -0.05) is 25.5 Å². The molecule has 2 N–H and O–H groups in total. The standard InChI is InChI=1S/C15H27NO5.K/c1-4-5-6-7-8-9-10-16(11-17,12(2)14(18)19)13(3)15(20)21;/h6-7,12-13,17H,4-5,8-11H2,1-3H3,(H-,18,19,20,21);/q;+1/b7-6+;. The summed E-state index contributed by atoms with van der Waals surface area (Å²) >= 11 is 0. The van der Waals surface area contributed by atoms with Crippen LogP contribution in [0.4, 0.5) is 0 Å². The molecule has 3 unspecified atom stereocenters. The fourth-order valence-corrected chi connectivity index (χ4v) is 2.37. The Morgan fingerprint density at radius 3 is 2.14 bits per heavy atom. The van der Waals surface area contributed by atoms with Gasteiger partial charge in [0.1, 0.15) is 6.04 Å². The molecule has 0 bridgehead atoms. The third kappa shape index (κ3) is 7.21. The zero-order valence-corrected chi connectivity index (χ0v) is 17.2. The SMILES string of the molecule is CCC/C=C/CCC[N+](CO)(C(C)C(=O)[O-])C(C)C(=O)O.[K+]. The summed E-state index contributed by atoms with van der Waals surface area (Å²) in [4.78, 5) is 22.4. The summed E-state index contributed by atoms with van der Waals surface area (Å²) in [5, 5.41) is 30.0. The Labute approximate surface area is 175 Å². The number of carboxylic acid groups (broad SMARTS) is 2. The summed E-state index contributed by atoms with van der Waals surface area (Å²) in [6.07, 6.45) is 7.44. The smallest absolute Gasteiger partial charge is 0.544 e. The molecule has 0 amide bonds. The Morgan fingerprint density at radius 2 is 1.73 bits per heavy atom. The van der Waals surface area contributed by atoms with Gasteiger partial charge in [0, 0.05) is 6.42 Å². The number of nitrogens with zero attached hydrogens (tertiary/aromatic N) is 1. The monoisotopic (exact) mass is 340 g/mol. The Balaban J connectivity index is 0. The van der Waals surface area contributed by atoms with Crippen LogP contribution in [0.1, 0.15) is 46.5 Å². The van der Waals surface area contributed by atoms with Gasteiger partial charge in [0.05, 0.1) is 12.5 Å². The quantitative estimate of drug-likeness (QED) is 0.143. The van der Waals surface area contributed by atoms with Gasteiger partial charge in [-0.15, -0.1) is 0 Å². The van der Waals surface area contributed by atoms with Gasteiger partial charge in [-0.3, -0.25) is 4.48 Å². The molecule has 122 valence electrons. The molecule has 22 heavy (non-hydrogen) atoms. The molecule has 0 aliphatic rings. The van der Waals surface area contributed by atoms with E-state index in [1.54, 1.807) is 0 Å². The Kier molecular flexibility index (Phi) is 14.1. The number of rotatable bonds is 11. The molecule has 0 aromatic rings. The average Bonchev–Trinajstić information content (AvgIpc) is 2.45. The van der Waals surface area contributed by atoms with Crippen molar-refractivity contribution in [2.75, 3.05) is 13.3 Å². The summed E-state index contributed by atoms with van der Waals surface area (Å²) in [6, 6.07) is -2.09. The van der Waals surface area contributed by atoms with Crippen LogP contribution >= 0.6 is 0 Å². The zero-order valence-electron chi connectivity index (χ0n) is 14.1. The first-order valence-corrected chi connectivity index (χ1v) is 7.39. The van der Waals surface area contributed by atoms with Gasteiger partial charge in [0.25, 0.3) is 0 Å². The third-order valence-electron chi connectivity index (χ3n) is 4.07. The van der Waals surface area contributed by atoms with Crippen LogP contribution in [0.25, 0.3) is 0 Å². The maximum Gasteiger partial charge on any atom is 1.00 e. The first-order chi connectivity index (χ1) is 9.83. The molecule has 0 rings (SSSR count). The van der Waals surface area contributed by atoms with Crippen molar-refractivity contribution in [3.63, 3.8) is 0 Å². The largest absolute Gasteiger partial charge is 1.00 e. The van der Waals surface area contributed by atoms with E-state index in [1.165, 1.54) is 13.8 Å². The number of quaternary nitrogens is 1. The van der Waals surface area contributed by atoms with E-state index in [4.69, 9.17) is 0 Å². The van der Waals surface area contributed by atoms with Crippen molar-refractivity contribution >= 4 is 11.9 Å². The van der Waals surface area contributed by atoms with Crippen molar-refractivity contribution in [3.8, 4) is 0 Å². The molecule has 0 aliphatic carbocycles. The molecule has 0 saturated heterocycles. The summed E-state index contributed by atoms with van der Waals surface area (Å²) in [5.41, 5.74) is 0. The Morgan fingerprint density at radius 1 is 1.18 bits per heavy atom. The van der Waals surface area contributed by atoms with Crippen LogP contribution in [-0.2, 0) is 9.59 Å². The molecule has 0 aromatic carbocycles. The fraction of sp³-hybridized carbons (Fsp3) is 0.733. The van der Waals surface area contributed by atoms with Crippen LogP contribution in [0.15, 0.2) is 12.2 Å². The minimum atomic E-state index is -1.35. The number of aliphatic carboxylic acids is 2. The number of aliphatic hydroxyl groups is 1. The first kappa shape index (κ1) is 24.5. The second-order valence-electron chi connectivity index (χ2n) is 5.38. The Bertz CT molecular complexity index is 353. The number of carbonyl (C=O) groups is 2. The molecule has 7 heteroatoms. The number of carbonyl (C=O) groups excluding carboxylic acids is 1. The predicted molar refractivity (Wildman–Crippen MR) is 77.1 cm³/mol. The molecule has 6 nitrogen and oxygen atoms in total. The molecule has 0 aromatic heterocycles. The van der Waals surface area contributed by atoms with Crippen LogP contribution in [0.3, 0.4) is 0 Å². The maximum atomic E-state index is 11.3. The number of hydrogen-bond donors (Lipinski definition) is 2. The van der Waals surface area contributed by atoms with Gasteiger partial charge in [0.2, 0.25) is 0 Å². The maximum absolute atomic E-state index is 11.3.